The van der Waals surface area contributed by atoms with Crippen molar-refractivity contribution in [1.29, 1.82) is 0 Å². The van der Waals surface area contributed by atoms with Gasteiger partial charge in [-0.15, -0.1) is 0 Å². The summed E-state index contributed by atoms with van der Waals surface area (Å²) in [6, 6.07) is 0. The summed E-state index contributed by atoms with van der Waals surface area (Å²) >= 11 is 0. The SMILES string of the molecule is O=P(O)(OF)OF.[BaH2]. The van der Waals surface area contributed by atoms with Crippen LogP contribution in [0.1, 0.15) is 0 Å². The Morgan fingerprint density at radius 3 is 1.62 bits per heavy atom. The van der Waals surface area contributed by atoms with Crippen LogP contribution in [0.25, 0.3) is 0 Å². The summed E-state index contributed by atoms with van der Waals surface area (Å²) in [5, 5.41) is 0. The fraction of sp³-hybridized carbons (Fsp3) is 0. The molecule has 0 unspecified atom stereocenters. The molecule has 48 valence electrons. The van der Waals surface area contributed by atoms with Gasteiger partial charge in [0.25, 0.3) is 0 Å². The summed E-state index contributed by atoms with van der Waals surface area (Å²) < 4.78 is 34.3. The Labute approximate surface area is 83.7 Å². The van der Waals surface area contributed by atoms with Crippen LogP contribution in [0.15, 0.2) is 0 Å². The van der Waals surface area contributed by atoms with Gasteiger partial charge in [-0.25, -0.2) is 4.57 Å². The summed E-state index contributed by atoms with van der Waals surface area (Å²) in [7, 11) is -4.99. The maximum absolute atomic E-state index is 10.4. The van der Waals surface area contributed by atoms with Crippen LogP contribution in [-0.4, -0.2) is 53.8 Å². The van der Waals surface area contributed by atoms with E-state index in [0.717, 1.165) is 0 Å². The van der Waals surface area contributed by atoms with E-state index in [4.69, 9.17) is 4.89 Å². The molecule has 8 heteroatoms. The van der Waals surface area contributed by atoms with E-state index < -0.39 is 7.82 Å². The van der Waals surface area contributed by atoms with Crippen molar-refractivity contribution in [3.8, 4) is 0 Å². The molecule has 0 saturated heterocycles. The van der Waals surface area contributed by atoms with E-state index in [0.29, 0.717) is 0 Å². The number of halogens is 2. The van der Waals surface area contributed by atoms with Crippen LogP contribution in [0.2, 0.25) is 0 Å². The van der Waals surface area contributed by atoms with Crippen LogP contribution in [0.5, 0.6) is 0 Å². The molecule has 0 aromatic carbocycles. The van der Waals surface area contributed by atoms with Crippen LogP contribution < -0.4 is 0 Å². The zero-order chi connectivity index (χ0) is 5.91. The molecule has 4 nitrogen and oxygen atoms in total. The fourth-order valence-corrected chi connectivity index (χ4v) is 0.0319. The van der Waals surface area contributed by atoms with E-state index in [9.17, 15) is 13.6 Å². The Morgan fingerprint density at radius 2 is 1.62 bits per heavy atom. The van der Waals surface area contributed by atoms with Gasteiger partial charge in [0.1, 0.15) is 0 Å². The molecule has 0 fully saturated rings. The predicted octanol–water partition coefficient (Wildman–Crippen LogP) is -0.0272. The van der Waals surface area contributed by atoms with Gasteiger partial charge in [0.2, 0.25) is 0 Å². The molecule has 0 spiro atoms. The monoisotopic (exact) mass is 274 g/mol. The van der Waals surface area contributed by atoms with Crippen LogP contribution in [-0.2, 0) is 14.0 Å². The van der Waals surface area contributed by atoms with Crippen molar-refractivity contribution in [3.05, 3.63) is 0 Å². The number of hydrogen-bond donors (Lipinski definition) is 1. The number of rotatable bonds is 2. The van der Waals surface area contributed by atoms with Crippen molar-refractivity contribution < 1.29 is 28.0 Å². The Kier molecular flexibility index (Phi) is 8.16. The summed E-state index contributed by atoms with van der Waals surface area (Å²) in [4.78, 5) is 7.49. The van der Waals surface area contributed by atoms with Crippen molar-refractivity contribution in [3.63, 3.8) is 0 Å². The Bertz CT molecular complexity index is 86.0. The standard InChI is InChI=1S/Ba.F2HO4P.2H/c;1-5-7(3,4)6-2;;/h;(H,3,4);;. The molecule has 0 atom stereocenters. The Balaban J connectivity index is 0. The van der Waals surface area contributed by atoms with E-state index in [1.165, 1.54) is 0 Å². The Morgan fingerprint density at radius 1 is 1.38 bits per heavy atom. The van der Waals surface area contributed by atoms with Gasteiger partial charge in [-0.1, -0.05) is 9.46 Å². The minimum atomic E-state index is -4.99. The van der Waals surface area contributed by atoms with Crippen molar-refractivity contribution in [2.45, 2.75) is 0 Å². The van der Waals surface area contributed by atoms with Crippen molar-refractivity contribution in [2.24, 2.45) is 0 Å². The predicted molar refractivity (Wildman–Crippen MR) is 22.8 cm³/mol. The van der Waals surface area contributed by atoms with Gasteiger partial charge < -0.3 is 0 Å². The molecule has 1 N–H and O–H groups in total. The van der Waals surface area contributed by atoms with Crippen LogP contribution in [0.3, 0.4) is 0 Å². The first-order valence-electron chi connectivity index (χ1n) is 1.06. The molecular formula is H3BaF2O4P. The minimum absolute atomic E-state index is 0. The zero-order valence-electron chi connectivity index (χ0n) is 2.88. The van der Waals surface area contributed by atoms with E-state index in [-0.39, 0.29) is 48.9 Å². The van der Waals surface area contributed by atoms with Gasteiger partial charge in [-0.3, -0.25) is 4.89 Å². The summed E-state index contributed by atoms with van der Waals surface area (Å²) in [5.74, 6) is 0. The topological polar surface area (TPSA) is 55.8 Å². The fourth-order valence-electron chi connectivity index (χ4n) is 0.0106. The molecule has 0 heterocycles. The van der Waals surface area contributed by atoms with Gasteiger partial charge in [0.05, 0.1) is 0 Å². The first-order valence-corrected chi connectivity index (χ1v) is 2.55. The van der Waals surface area contributed by atoms with Crippen LogP contribution in [0, 0.1) is 0 Å². The van der Waals surface area contributed by atoms with Gasteiger partial charge >= 0.3 is 56.7 Å². The average Bonchev–Trinajstić information content (AvgIpc) is 1.68. The molecule has 8 heavy (non-hydrogen) atoms. The summed E-state index contributed by atoms with van der Waals surface area (Å²) in [6.45, 7) is 0. The number of phosphoric acid groups is 1. The molecular weight excluding hydrogens is 270 g/mol. The van der Waals surface area contributed by atoms with Gasteiger partial charge in [-0.05, 0) is 9.05 Å². The normalized spacial score (nSPS) is 10.4. The maximum atomic E-state index is 10.4. The van der Waals surface area contributed by atoms with Crippen molar-refractivity contribution in [2.75, 3.05) is 0 Å². The quantitative estimate of drug-likeness (QED) is 0.567. The third-order valence-corrected chi connectivity index (χ3v) is 0.523. The van der Waals surface area contributed by atoms with Gasteiger partial charge in [0, 0.05) is 0 Å². The van der Waals surface area contributed by atoms with Crippen LogP contribution in [0.4, 0.5) is 9.05 Å². The summed E-state index contributed by atoms with van der Waals surface area (Å²) in [5.41, 5.74) is 0. The molecule has 0 saturated carbocycles. The van der Waals surface area contributed by atoms with E-state index in [1.807, 2.05) is 0 Å². The summed E-state index contributed by atoms with van der Waals surface area (Å²) in [6.07, 6.45) is 0. The van der Waals surface area contributed by atoms with Crippen molar-refractivity contribution >= 4 is 56.7 Å². The molecule has 0 aliphatic carbocycles. The van der Waals surface area contributed by atoms with Gasteiger partial charge in [0.15, 0.2) is 0 Å². The molecule has 0 aliphatic heterocycles. The Hall–Kier alpha value is 1.54. The molecule has 0 radical (unpaired) electrons. The molecule has 0 aliphatic rings. The first-order chi connectivity index (χ1) is 3.12. The first kappa shape index (κ1) is 12.2. The van der Waals surface area contributed by atoms with E-state index >= 15 is 0 Å². The van der Waals surface area contributed by atoms with Gasteiger partial charge in [-0.2, -0.15) is 0 Å². The molecule has 0 aromatic heterocycles. The second kappa shape index (κ2) is 5.34. The third-order valence-electron chi connectivity index (χ3n) is 0.174. The molecule has 0 bridgehead atoms. The second-order valence-electron chi connectivity index (χ2n) is 0.607. The van der Waals surface area contributed by atoms with Crippen LogP contribution >= 0.6 is 7.82 Å². The van der Waals surface area contributed by atoms with E-state index in [2.05, 4.69) is 9.46 Å². The third kappa shape index (κ3) is 5.67. The zero-order valence-corrected chi connectivity index (χ0v) is 3.77. The molecule has 0 aromatic rings. The molecule has 0 rings (SSSR count). The average molecular weight is 273 g/mol. The number of hydrogen-bond acceptors (Lipinski definition) is 3. The van der Waals surface area contributed by atoms with Crippen molar-refractivity contribution in [1.82, 2.24) is 0 Å². The van der Waals surface area contributed by atoms with E-state index in [1.54, 1.807) is 0 Å². The second-order valence-corrected chi connectivity index (χ2v) is 1.82. The molecule has 0 amide bonds.